The van der Waals surface area contributed by atoms with Gasteiger partial charge in [-0.2, -0.15) is 0 Å². The third kappa shape index (κ3) is 3.60. The van der Waals surface area contributed by atoms with E-state index in [4.69, 9.17) is 10.5 Å². The van der Waals surface area contributed by atoms with Crippen molar-refractivity contribution in [3.8, 4) is 5.75 Å². The van der Waals surface area contributed by atoms with Gasteiger partial charge in [0.05, 0.1) is 12.7 Å². The second-order valence-corrected chi connectivity index (χ2v) is 4.81. The van der Waals surface area contributed by atoms with E-state index in [1.165, 1.54) is 6.07 Å². The lowest BCUT2D eigenvalue weighted by Crippen LogP contribution is -2.21. The molecule has 0 bridgehead atoms. The summed E-state index contributed by atoms with van der Waals surface area (Å²) >= 11 is 0. The van der Waals surface area contributed by atoms with Crippen molar-refractivity contribution in [3.05, 3.63) is 65.5 Å². The van der Waals surface area contributed by atoms with Crippen LogP contribution in [0.25, 0.3) is 0 Å². The zero-order valence-electron chi connectivity index (χ0n) is 12.0. The molecule has 0 saturated carbocycles. The van der Waals surface area contributed by atoms with Gasteiger partial charge in [-0.3, -0.25) is 0 Å². The van der Waals surface area contributed by atoms with Gasteiger partial charge in [-0.05, 0) is 36.2 Å². The standard InChI is InChI=1S/C17H20FNO2/c1-2-21-13-9-7-12(8-10-13)17(20)15(11-19)14-5-3-4-6-16(14)18/h3-10,15,17,20H,2,11,19H2,1H3. The maximum atomic E-state index is 13.9. The predicted molar refractivity (Wildman–Crippen MR) is 80.8 cm³/mol. The summed E-state index contributed by atoms with van der Waals surface area (Å²) < 4.78 is 19.2. The minimum Gasteiger partial charge on any atom is -0.494 e. The number of hydrogen-bond acceptors (Lipinski definition) is 3. The van der Waals surface area contributed by atoms with Crippen molar-refractivity contribution in [1.82, 2.24) is 0 Å². The van der Waals surface area contributed by atoms with Gasteiger partial charge < -0.3 is 15.6 Å². The van der Waals surface area contributed by atoms with Gasteiger partial charge in [0.25, 0.3) is 0 Å². The van der Waals surface area contributed by atoms with Crippen molar-refractivity contribution < 1.29 is 14.2 Å². The molecule has 112 valence electrons. The number of halogens is 1. The maximum Gasteiger partial charge on any atom is 0.126 e. The number of rotatable bonds is 6. The average Bonchev–Trinajstić information content (AvgIpc) is 2.51. The molecule has 4 heteroatoms. The first kappa shape index (κ1) is 15.5. The molecule has 0 spiro atoms. The summed E-state index contributed by atoms with van der Waals surface area (Å²) in [6, 6.07) is 13.5. The fourth-order valence-corrected chi connectivity index (χ4v) is 2.36. The van der Waals surface area contributed by atoms with Crippen LogP contribution in [-0.2, 0) is 0 Å². The monoisotopic (exact) mass is 289 g/mol. The van der Waals surface area contributed by atoms with Crippen LogP contribution in [0.4, 0.5) is 4.39 Å². The molecule has 0 fully saturated rings. The second-order valence-electron chi connectivity index (χ2n) is 4.81. The maximum absolute atomic E-state index is 13.9. The van der Waals surface area contributed by atoms with E-state index < -0.39 is 12.0 Å². The lowest BCUT2D eigenvalue weighted by atomic mass is 9.89. The molecule has 0 radical (unpaired) electrons. The van der Waals surface area contributed by atoms with Gasteiger partial charge >= 0.3 is 0 Å². The largest absolute Gasteiger partial charge is 0.494 e. The highest BCUT2D eigenvalue weighted by Gasteiger charge is 2.23. The Kier molecular flexibility index (Phi) is 5.31. The summed E-state index contributed by atoms with van der Waals surface area (Å²) in [5.74, 6) is -0.0919. The zero-order chi connectivity index (χ0) is 15.2. The number of benzene rings is 2. The van der Waals surface area contributed by atoms with Crippen molar-refractivity contribution in [2.75, 3.05) is 13.2 Å². The molecule has 0 aliphatic heterocycles. The Morgan fingerprint density at radius 1 is 1.14 bits per heavy atom. The SMILES string of the molecule is CCOc1ccc(C(O)C(CN)c2ccccc2F)cc1. The third-order valence-corrected chi connectivity index (χ3v) is 3.47. The molecule has 2 atom stereocenters. The minimum absolute atomic E-state index is 0.162. The first-order valence-corrected chi connectivity index (χ1v) is 7.02. The van der Waals surface area contributed by atoms with Gasteiger partial charge in [0.1, 0.15) is 11.6 Å². The van der Waals surface area contributed by atoms with Gasteiger partial charge in [0.2, 0.25) is 0 Å². The van der Waals surface area contributed by atoms with Crippen molar-refractivity contribution in [1.29, 1.82) is 0 Å². The third-order valence-electron chi connectivity index (χ3n) is 3.47. The smallest absolute Gasteiger partial charge is 0.126 e. The number of nitrogens with two attached hydrogens (primary N) is 1. The number of aliphatic hydroxyl groups is 1. The van der Waals surface area contributed by atoms with Crippen LogP contribution in [0, 0.1) is 5.82 Å². The molecule has 0 heterocycles. The highest BCUT2D eigenvalue weighted by atomic mass is 19.1. The van der Waals surface area contributed by atoms with Crippen LogP contribution in [-0.4, -0.2) is 18.3 Å². The molecule has 21 heavy (non-hydrogen) atoms. The van der Waals surface area contributed by atoms with Crippen LogP contribution in [0.5, 0.6) is 5.75 Å². The molecule has 2 aromatic carbocycles. The minimum atomic E-state index is -0.859. The first-order valence-electron chi connectivity index (χ1n) is 7.02. The molecule has 0 aromatic heterocycles. The Bertz CT molecular complexity index is 571. The molecular formula is C17H20FNO2. The quantitative estimate of drug-likeness (QED) is 0.859. The molecule has 3 nitrogen and oxygen atoms in total. The number of hydrogen-bond donors (Lipinski definition) is 2. The van der Waals surface area contributed by atoms with E-state index in [-0.39, 0.29) is 12.4 Å². The van der Waals surface area contributed by atoms with Crippen LogP contribution in [0.3, 0.4) is 0 Å². The predicted octanol–water partition coefficient (Wildman–Crippen LogP) is 3.00. The van der Waals surface area contributed by atoms with E-state index in [1.807, 2.05) is 6.92 Å². The van der Waals surface area contributed by atoms with Gasteiger partial charge in [-0.15, -0.1) is 0 Å². The van der Waals surface area contributed by atoms with Crippen molar-refractivity contribution in [2.45, 2.75) is 18.9 Å². The summed E-state index contributed by atoms with van der Waals surface area (Å²) in [5.41, 5.74) is 6.86. The van der Waals surface area contributed by atoms with Crippen molar-refractivity contribution in [3.63, 3.8) is 0 Å². The fourth-order valence-electron chi connectivity index (χ4n) is 2.36. The number of ether oxygens (including phenoxy) is 1. The molecule has 2 unspecified atom stereocenters. The molecule has 2 aromatic rings. The Hall–Kier alpha value is -1.91. The van der Waals surface area contributed by atoms with Crippen LogP contribution >= 0.6 is 0 Å². The van der Waals surface area contributed by atoms with Crippen LogP contribution in [0.1, 0.15) is 30.1 Å². The molecule has 0 aliphatic rings. The topological polar surface area (TPSA) is 55.5 Å². The molecule has 2 rings (SSSR count). The number of aliphatic hydroxyl groups excluding tert-OH is 1. The Morgan fingerprint density at radius 3 is 2.38 bits per heavy atom. The summed E-state index contributed by atoms with van der Waals surface area (Å²) in [6.45, 7) is 2.66. The Morgan fingerprint density at radius 2 is 1.81 bits per heavy atom. The van der Waals surface area contributed by atoms with Crippen LogP contribution in [0.2, 0.25) is 0 Å². The lowest BCUT2D eigenvalue weighted by molar-refractivity contribution is 0.145. The zero-order valence-corrected chi connectivity index (χ0v) is 12.0. The van der Waals surface area contributed by atoms with E-state index in [0.717, 1.165) is 5.75 Å². The summed E-state index contributed by atoms with van der Waals surface area (Å²) in [4.78, 5) is 0. The van der Waals surface area contributed by atoms with Gasteiger partial charge in [0.15, 0.2) is 0 Å². The lowest BCUT2D eigenvalue weighted by Gasteiger charge is -2.23. The highest BCUT2D eigenvalue weighted by molar-refractivity contribution is 5.32. The van der Waals surface area contributed by atoms with E-state index >= 15 is 0 Å². The highest BCUT2D eigenvalue weighted by Crippen LogP contribution is 2.32. The van der Waals surface area contributed by atoms with Crippen molar-refractivity contribution in [2.24, 2.45) is 5.73 Å². The van der Waals surface area contributed by atoms with Gasteiger partial charge in [-0.25, -0.2) is 4.39 Å². The molecular weight excluding hydrogens is 269 g/mol. The van der Waals surface area contributed by atoms with E-state index in [0.29, 0.717) is 17.7 Å². The Balaban J connectivity index is 2.24. The van der Waals surface area contributed by atoms with E-state index in [2.05, 4.69) is 0 Å². The molecule has 3 N–H and O–H groups in total. The van der Waals surface area contributed by atoms with Crippen molar-refractivity contribution >= 4 is 0 Å². The average molecular weight is 289 g/mol. The molecule has 0 amide bonds. The summed E-state index contributed by atoms with van der Waals surface area (Å²) in [5, 5.41) is 10.5. The van der Waals surface area contributed by atoms with Crippen LogP contribution < -0.4 is 10.5 Å². The first-order chi connectivity index (χ1) is 10.2. The van der Waals surface area contributed by atoms with Gasteiger partial charge in [-0.1, -0.05) is 30.3 Å². The summed E-state index contributed by atoms with van der Waals surface area (Å²) in [6.07, 6.45) is -0.859. The summed E-state index contributed by atoms with van der Waals surface area (Å²) in [7, 11) is 0. The van der Waals surface area contributed by atoms with Crippen LogP contribution in [0.15, 0.2) is 48.5 Å². The Labute approximate surface area is 124 Å². The van der Waals surface area contributed by atoms with Gasteiger partial charge in [0, 0.05) is 12.5 Å². The molecule has 0 aliphatic carbocycles. The normalized spacial score (nSPS) is 13.7. The van der Waals surface area contributed by atoms with E-state index in [9.17, 15) is 9.50 Å². The molecule has 0 saturated heterocycles. The fraction of sp³-hybridized carbons (Fsp3) is 0.294. The second kappa shape index (κ2) is 7.20. The van der Waals surface area contributed by atoms with E-state index in [1.54, 1.807) is 42.5 Å².